The summed E-state index contributed by atoms with van der Waals surface area (Å²) in [4.78, 5) is 11.3. The molecule has 0 aliphatic carbocycles. The maximum Gasteiger partial charge on any atom is 0.117 e. The SMILES string of the molecule is COCCn1ccnc1[C@H]1CN(Cc2ccncc2)Cc2ccccc21. The first-order valence-corrected chi connectivity index (χ1v) is 9.04. The van der Waals surface area contributed by atoms with E-state index >= 15 is 0 Å². The monoisotopic (exact) mass is 348 g/mol. The number of rotatable bonds is 6. The van der Waals surface area contributed by atoms with E-state index in [4.69, 9.17) is 9.72 Å². The van der Waals surface area contributed by atoms with Crippen LogP contribution >= 0.6 is 0 Å². The molecule has 2 aromatic heterocycles. The lowest BCUT2D eigenvalue weighted by Gasteiger charge is -2.34. The van der Waals surface area contributed by atoms with E-state index in [1.54, 1.807) is 7.11 Å². The topological polar surface area (TPSA) is 43.2 Å². The highest BCUT2D eigenvalue weighted by Gasteiger charge is 2.29. The van der Waals surface area contributed by atoms with E-state index in [0.29, 0.717) is 6.61 Å². The van der Waals surface area contributed by atoms with Crippen LogP contribution in [0.3, 0.4) is 0 Å². The van der Waals surface area contributed by atoms with Crippen LogP contribution in [0.15, 0.2) is 61.2 Å². The van der Waals surface area contributed by atoms with E-state index in [2.05, 4.69) is 57.0 Å². The Labute approximate surface area is 154 Å². The number of hydrogen-bond donors (Lipinski definition) is 0. The first-order valence-electron chi connectivity index (χ1n) is 9.04. The summed E-state index contributed by atoms with van der Waals surface area (Å²) < 4.78 is 7.49. The molecule has 0 bridgehead atoms. The van der Waals surface area contributed by atoms with Gasteiger partial charge >= 0.3 is 0 Å². The van der Waals surface area contributed by atoms with E-state index in [1.807, 2.05) is 18.6 Å². The van der Waals surface area contributed by atoms with Gasteiger partial charge in [0.05, 0.1) is 12.5 Å². The Kier molecular flexibility index (Phi) is 5.09. The van der Waals surface area contributed by atoms with Gasteiger partial charge in [0.2, 0.25) is 0 Å². The Morgan fingerprint density at radius 2 is 1.96 bits per heavy atom. The molecule has 3 aromatic rings. The fourth-order valence-electron chi connectivity index (χ4n) is 3.78. The second-order valence-electron chi connectivity index (χ2n) is 6.75. The minimum Gasteiger partial charge on any atom is -0.383 e. The first-order chi connectivity index (χ1) is 12.8. The molecule has 0 amide bonds. The third kappa shape index (κ3) is 3.54. The molecule has 0 saturated heterocycles. The van der Waals surface area contributed by atoms with Crippen molar-refractivity contribution < 1.29 is 4.74 Å². The number of ether oxygens (including phenoxy) is 1. The van der Waals surface area contributed by atoms with Gasteiger partial charge in [-0.25, -0.2) is 4.98 Å². The number of methoxy groups -OCH3 is 1. The van der Waals surface area contributed by atoms with Gasteiger partial charge < -0.3 is 9.30 Å². The maximum absolute atomic E-state index is 5.26. The summed E-state index contributed by atoms with van der Waals surface area (Å²) in [6.45, 7) is 4.37. The molecular weight excluding hydrogens is 324 g/mol. The third-order valence-corrected chi connectivity index (χ3v) is 5.02. The molecular formula is C21H24N4O. The van der Waals surface area contributed by atoms with Gasteiger partial charge in [-0.3, -0.25) is 9.88 Å². The zero-order valence-corrected chi connectivity index (χ0v) is 15.1. The third-order valence-electron chi connectivity index (χ3n) is 5.02. The molecule has 26 heavy (non-hydrogen) atoms. The van der Waals surface area contributed by atoms with Crippen LogP contribution in [0.1, 0.15) is 28.4 Å². The van der Waals surface area contributed by atoms with Gasteiger partial charge in [0.1, 0.15) is 5.82 Å². The first kappa shape index (κ1) is 16.9. The molecule has 1 aromatic carbocycles. The van der Waals surface area contributed by atoms with Crippen molar-refractivity contribution >= 4 is 0 Å². The van der Waals surface area contributed by atoms with Gasteiger partial charge in [0, 0.05) is 58.1 Å². The van der Waals surface area contributed by atoms with Gasteiger partial charge in [-0.2, -0.15) is 0 Å². The molecule has 1 aliphatic heterocycles. The van der Waals surface area contributed by atoms with Gasteiger partial charge in [-0.05, 0) is 28.8 Å². The molecule has 0 fully saturated rings. The highest BCUT2D eigenvalue weighted by molar-refractivity contribution is 5.37. The van der Waals surface area contributed by atoms with Crippen molar-refractivity contribution in [3.8, 4) is 0 Å². The number of fused-ring (bicyclic) bond motifs is 1. The molecule has 5 nitrogen and oxygen atoms in total. The van der Waals surface area contributed by atoms with Crippen LogP contribution in [0, 0.1) is 0 Å². The van der Waals surface area contributed by atoms with Crippen LogP contribution in [-0.4, -0.2) is 39.7 Å². The number of benzene rings is 1. The number of imidazole rings is 1. The van der Waals surface area contributed by atoms with Crippen molar-refractivity contribution in [1.82, 2.24) is 19.4 Å². The molecule has 134 valence electrons. The molecule has 1 atom stereocenters. The molecule has 4 rings (SSSR count). The van der Waals surface area contributed by atoms with Gasteiger partial charge in [0.25, 0.3) is 0 Å². The van der Waals surface area contributed by atoms with E-state index in [9.17, 15) is 0 Å². The van der Waals surface area contributed by atoms with E-state index in [-0.39, 0.29) is 5.92 Å². The Bertz CT molecular complexity index is 846. The second-order valence-corrected chi connectivity index (χ2v) is 6.75. The van der Waals surface area contributed by atoms with Crippen molar-refractivity contribution in [3.05, 3.63) is 83.7 Å². The Balaban J connectivity index is 1.64. The molecule has 5 heteroatoms. The Morgan fingerprint density at radius 3 is 2.81 bits per heavy atom. The minimum absolute atomic E-state index is 0.272. The molecule has 0 unspecified atom stereocenters. The molecule has 0 radical (unpaired) electrons. The zero-order chi connectivity index (χ0) is 17.8. The summed E-state index contributed by atoms with van der Waals surface area (Å²) in [6, 6.07) is 12.9. The fraction of sp³-hybridized carbons (Fsp3) is 0.333. The van der Waals surface area contributed by atoms with Crippen molar-refractivity contribution in [1.29, 1.82) is 0 Å². The predicted molar refractivity (Wildman–Crippen MR) is 101 cm³/mol. The van der Waals surface area contributed by atoms with Gasteiger partial charge in [-0.1, -0.05) is 24.3 Å². The lowest BCUT2D eigenvalue weighted by molar-refractivity contribution is 0.184. The number of aromatic nitrogens is 3. The van der Waals surface area contributed by atoms with E-state index in [1.165, 1.54) is 16.7 Å². The average Bonchev–Trinajstić information content (AvgIpc) is 3.15. The van der Waals surface area contributed by atoms with Crippen molar-refractivity contribution in [2.75, 3.05) is 20.3 Å². The number of hydrogen-bond acceptors (Lipinski definition) is 4. The largest absolute Gasteiger partial charge is 0.383 e. The Morgan fingerprint density at radius 1 is 1.12 bits per heavy atom. The molecule has 3 heterocycles. The fourth-order valence-corrected chi connectivity index (χ4v) is 3.78. The number of nitrogens with zero attached hydrogens (tertiary/aromatic N) is 4. The van der Waals surface area contributed by atoms with Crippen LogP contribution in [-0.2, 0) is 24.4 Å². The van der Waals surface area contributed by atoms with Crippen molar-refractivity contribution in [2.45, 2.75) is 25.6 Å². The van der Waals surface area contributed by atoms with Crippen LogP contribution < -0.4 is 0 Å². The highest BCUT2D eigenvalue weighted by atomic mass is 16.5. The predicted octanol–water partition coefficient (Wildman–Crippen LogP) is 3.07. The van der Waals surface area contributed by atoms with Crippen molar-refractivity contribution in [3.63, 3.8) is 0 Å². The summed E-state index contributed by atoms with van der Waals surface area (Å²) >= 11 is 0. The second kappa shape index (κ2) is 7.81. The smallest absolute Gasteiger partial charge is 0.117 e. The lowest BCUT2D eigenvalue weighted by Crippen LogP contribution is -2.35. The zero-order valence-electron chi connectivity index (χ0n) is 15.1. The number of pyridine rings is 1. The standard InChI is InChI=1S/C21H24N4O/c1-26-13-12-25-11-10-23-21(25)20-16-24(14-17-6-8-22-9-7-17)15-18-4-2-3-5-19(18)20/h2-11,20H,12-16H2,1H3/t20-/m0/s1. The van der Waals surface area contributed by atoms with Crippen LogP contribution in [0.4, 0.5) is 0 Å². The molecule has 0 spiro atoms. The molecule has 0 N–H and O–H groups in total. The Hall–Kier alpha value is -2.50. The van der Waals surface area contributed by atoms with Crippen LogP contribution in [0.25, 0.3) is 0 Å². The summed E-state index contributed by atoms with van der Waals surface area (Å²) in [5.74, 6) is 1.39. The van der Waals surface area contributed by atoms with E-state index in [0.717, 1.165) is 32.0 Å². The normalized spacial score (nSPS) is 17.2. The lowest BCUT2D eigenvalue weighted by atomic mass is 9.88. The molecule has 1 aliphatic rings. The molecule has 0 saturated carbocycles. The summed E-state index contributed by atoms with van der Waals surface area (Å²) in [5.41, 5.74) is 4.07. The maximum atomic E-state index is 5.26. The van der Waals surface area contributed by atoms with Crippen LogP contribution in [0.5, 0.6) is 0 Å². The highest BCUT2D eigenvalue weighted by Crippen LogP contribution is 2.33. The summed E-state index contributed by atoms with van der Waals surface area (Å²) in [6.07, 6.45) is 7.68. The summed E-state index contributed by atoms with van der Waals surface area (Å²) in [7, 11) is 1.74. The van der Waals surface area contributed by atoms with Crippen LogP contribution in [0.2, 0.25) is 0 Å². The van der Waals surface area contributed by atoms with Crippen molar-refractivity contribution in [2.24, 2.45) is 0 Å². The van der Waals surface area contributed by atoms with Gasteiger partial charge in [-0.15, -0.1) is 0 Å². The quantitative estimate of drug-likeness (QED) is 0.687. The minimum atomic E-state index is 0.272. The summed E-state index contributed by atoms with van der Waals surface area (Å²) in [5, 5.41) is 0. The average molecular weight is 348 g/mol. The van der Waals surface area contributed by atoms with Gasteiger partial charge in [0.15, 0.2) is 0 Å². The van der Waals surface area contributed by atoms with E-state index < -0.39 is 0 Å².